The summed E-state index contributed by atoms with van der Waals surface area (Å²) in [6.45, 7) is 3.10. The van der Waals surface area contributed by atoms with E-state index in [2.05, 4.69) is 0 Å². The number of methoxy groups -OCH3 is 1. The van der Waals surface area contributed by atoms with Gasteiger partial charge in [0, 0.05) is 19.5 Å². The minimum atomic E-state index is -0.625. The molecular formula is C16H22ClNO3. The molecule has 1 fully saturated rings. The summed E-state index contributed by atoms with van der Waals surface area (Å²) >= 11 is 6.08. The van der Waals surface area contributed by atoms with Gasteiger partial charge in [-0.25, -0.2) is 0 Å². The molecule has 0 atom stereocenters. The standard InChI is InChI=1S/C16H22ClNO3/c1-16(20)7-9-18(10-8-16)15(19)6-4-12-3-5-14(21-2)13(17)11-12/h3,5,11,20H,4,6-10H2,1-2H3. The van der Waals surface area contributed by atoms with Crippen LogP contribution in [0.4, 0.5) is 0 Å². The number of aryl methyl sites for hydroxylation is 1. The van der Waals surface area contributed by atoms with Crippen LogP contribution in [0.2, 0.25) is 5.02 Å². The molecule has 2 rings (SSSR count). The fourth-order valence-corrected chi connectivity index (χ4v) is 2.79. The number of carbonyl (C=O) groups excluding carboxylic acids is 1. The lowest BCUT2D eigenvalue weighted by atomic mass is 9.93. The second kappa shape index (κ2) is 6.67. The molecular weight excluding hydrogens is 290 g/mol. The van der Waals surface area contributed by atoms with Crippen LogP contribution >= 0.6 is 11.6 Å². The van der Waals surface area contributed by atoms with Crippen molar-refractivity contribution in [2.24, 2.45) is 0 Å². The molecule has 1 amide bonds. The summed E-state index contributed by atoms with van der Waals surface area (Å²) < 4.78 is 5.11. The summed E-state index contributed by atoms with van der Waals surface area (Å²) in [7, 11) is 1.58. The van der Waals surface area contributed by atoms with Crippen molar-refractivity contribution in [1.29, 1.82) is 0 Å². The lowest BCUT2D eigenvalue weighted by Crippen LogP contribution is -2.45. The Labute approximate surface area is 130 Å². The third-order valence-corrected chi connectivity index (χ3v) is 4.33. The average Bonchev–Trinajstić information content (AvgIpc) is 2.45. The maximum Gasteiger partial charge on any atom is 0.222 e. The van der Waals surface area contributed by atoms with Gasteiger partial charge in [0.15, 0.2) is 0 Å². The highest BCUT2D eigenvalue weighted by Gasteiger charge is 2.29. The highest BCUT2D eigenvalue weighted by Crippen LogP contribution is 2.26. The number of benzene rings is 1. The summed E-state index contributed by atoms with van der Waals surface area (Å²) in [5, 5.41) is 10.5. The van der Waals surface area contributed by atoms with Gasteiger partial charge in [-0.2, -0.15) is 0 Å². The molecule has 1 aromatic rings. The second-order valence-corrected chi connectivity index (χ2v) is 6.25. The minimum absolute atomic E-state index is 0.137. The first-order valence-corrected chi connectivity index (χ1v) is 7.62. The Hall–Kier alpha value is -1.26. The van der Waals surface area contributed by atoms with Gasteiger partial charge in [0.05, 0.1) is 17.7 Å². The van der Waals surface area contributed by atoms with Gasteiger partial charge in [0.1, 0.15) is 5.75 Å². The van der Waals surface area contributed by atoms with Crippen LogP contribution in [0.25, 0.3) is 0 Å². The number of nitrogens with zero attached hydrogens (tertiary/aromatic N) is 1. The van der Waals surface area contributed by atoms with Gasteiger partial charge < -0.3 is 14.7 Å². The fraction of sp³-hybridized carbons (Fsp3) is 0.562. The van der Waals surface area contributed by atoms with Crippen molar-refractivity contribution in [1.82, 2.24) is 4.90 Å². The third kappa shape index (κ3) is 4.35. The summed E-state index contributed by atoms with van der Waals surface area (Å²) in [4.78, 5) is 14.0. The monoisotopic (exact) mass is 311 g/mol. The Morgan fingerprint density at radius 2 is 2.10 bits per heavy atom. The quantitative estimate of drug-likeness (QED) is 0.930. The van der Waals surface area contributed by atoms with Crippen LogP contribution < -0.4 is 4.74 Å². The lowest BCUT2D eigenvalue weighted by molar-refractivity contribution is -0.134. The minimum Gasteiger partial charge on any atom is -0.495 e. The molecule has 1 heterocycles. The van der Waals surface area contributed by atoms with Crippen molar-refractivity contribution in [3.8, 4) is 5.75 Å². The molecule has 5 heteroatoms. The maximum absolute atomic E-state index is 12.2. The molecule has 0 spiro atoms. The first-order valence-electron chi connectivity index (χ1n) is 7.24. The smallest absolute Gasteiger partial charge is 0.222 e. The van der Waals surface area contributed by atoms with Gasteiger partial charge >= 0.3 is 0 Å². The van der Waals surface area contributed by atoms with Crippen molar-refractivity contribution < 1.29 is 14.6 Å². The zero-order valence-electron chi connectivity index (χ0n) is 12.6. The Kier molecular flexibility index (Phi) is 5.12. The molecule has 1 aliphatic rings. The average molecular weight is 312 g/mol. The van der Waals surface area contributed by atoms with E-state index in [1.165, 1.54) is 0 Å². The van der Waals surface area contributed by atoms with Gasteiger partial charge in [-0.3, -0.25) is 4.79 Å². The molecule has 1 aromatic carbocycles. The Morgan fingerprint density at radius 3 is 2.67 bits per heavy atom. The predicted octanol–water partition coefficient (Wildman–Crippen LogP) is 2.65. The molecule has 0 aromatic heterocycles. The number of aliphatic hydroxyl groups is 1. The predicted molar refractivity (Wildman–Crippen MR) is 82.8 cm³/mol. The SMILES string of the molecule is COc1ccc(CCC(=O)N2CCC(C)(O)CC2)cc1Cl. The first kappa shape index (κ1) is 16.1. The number of hydrogen-bond acceptors (Lipinski definition) is 3. The molecule has 0 unspecified atom stereocenters. The van der Waals surface area contributed by atoms with Crippen LogP contribution in [0.15, 0.2) is 18.2 Å². The lowest BCUT2D eigenvalue weighted by Gasteiger charge is -2.35. The largest absolute Gasteiger partial charge is 0.495 e. The molecule has 0 aliphatic carbocycles. The second-order valence-electron chi connectivity index (χ2n) is 5.85. The zero-order valence-corrected chi connectivity index (χ0v) is 13.3. The number of halogens is 1. The highest BCUT2D eigenvalue weighted by atomic mass is 35.5. The summed E-state index contributed by atoms with van der Waals surface area (Å²) in [5.41, 5.74) is 0.401. The van der Waals surface area contributed by atoms with E-state index in [0.29, 0.717) is 49.5 Å². The molecule has 4 nitrogen and oxygen atoms in total. The van der Waals surface area contributed by atoms with Crippen LogP contribution in [-0.4, -0.2) is 41.7 Å². The van der Waals surface area contributed by atoms with Crippen molar-refractivity contribution in [3.05, 3.63) is 28.8 Å². The molecule has 1 aliphatic heterocycles. The van der Waals surface area contributed by atoms with Crippen molar-refractivity contribution in [2.45, 2.75) is 38.2 Å². The molecule has 0 saturated carbocycles. The number of piperidine rings is 1. The molecule has 1 saturated heterocycles. The normalized spacial score (nSPS) is 17.6. The van der Waals surface area contributed by atoms with Gasteiger partial charge in [0.25, 0.3) is 0 Å². The van der Waals surface area contributed by atoms with E-state index in [9.17, 15) is 9.90 Å². The van der Waals surface area contributed by atoms with E-state index in [-0.39, 0.29) is 5.91 Å². The molecule has 0 bridgehead atoms. The van der Waals surface area contributed by atoms with Crippen LogP contribution in [-0.2, 0) is 11.2 Å². The van der Waals surface area contributed by atoms with Gasteiger partial charge in [-0.05, 0) is 43.9 Å². The molecule has 1 N–H and O–H groups in total. The highest BCUT2D eigenvalue weighted by molar-refractivity contribution is 6.32. The van der Waals surface area contributed by atoms with Crippen LogP contribution in [0.1, 0.15) is 31.7 Å². The number of hydrogen-bond donors (Lipinski definition) is 1. The van der Waals surface area contributed by atoms with Crippen LogP contribution in [0, 0.1) is 0 Å². The third-order valence-electron chi connectivity index (χ3n) is 4.04. The van der Waals surface area contributed by atoms with E-state index < -0.39 is 5.60 Å². The summed E-state index contributed by atoms with van der Waals surface area (Å²) in [6, 6.07) is 5.59. The van der Waals surface area contributed by atoms with E-state index in [4.69, 9.17) is 16.3 Å². The van der Waals surface area contributed by atoms with Crippen LogP contribution in [0.3, 0.4) is 0 Å². The maximum atomic E-state index is 12.2. The number of rotatable bonds is 4. The molecule has 116 valence electrons. The van der Waals surface area contributed by atoms with E-state index in [1.54, 1.807) is 7.11 Å². The van der Waals surface area contributed by atoms with Crippen molar-refractivity contribution >= 4 is 17.5 Å². The number of amides is 1. The summed E-state index contributed by atoms with van der Waals surface area (Å²) in [5.74, 6) is 0.780. The topological polar surface area (TPSA) is 49.8 Å². The van der Waals surface area contributed by atoms with E-state index in [1.807, 2.05) is 30.0 Å². The first-order chi connectivity index (χ1) is 9.91. The Balaban J connectivity index is 1.85. The van der Waals surface area contributed by atoms with Crippen molar-refractivity contribution in [2.75, 3.05) is 20.2 Å². The number of ether oxygens (including phenoxy) is 1. The number of likely N-dealkylation sites (tertiary alicyclic amines) is 1. The molecule has 21 heavy (non-hydrogen) atoms. The Morgan fingerprint density at radius 1 is 1.43 bits per heavy atom. The summed E-state index contributed by atoms with van der Waals surface area (Å²) in [6.07, 6.45) is 2.42. The van der Waals surface area contributed by atoms with Gasteiger partial charge in [0.2, 0.25) is 5.91 Å². The number of carbonyl (C=O) groups is 1. The zero-order chi connectivity index (χ0) is 15.5. The van der Waals surface area contributed by atoms with Crippen LogP contribution in [0.5, 0.6) is 5.75 Å². The van der Waals surface area contributed by atoms with Gasteiger partial charge in [-0.1, -0.05) is 17.7 Å². The fourth-order valence-electron chi connectivity index (χ4n) is 2.51. The van der Waals surface area contributed by atoms with Gasteiger partial charge in [-0.15, -0.1) is 0 Å². The van der Waals surface area contributed by atoms with E-state index in [0.717, 1.165) is 5.56 Å². The van der Waals surface area contributed by atoms with Crippen molar-refractivity contribution in [3.63, 3.8) is 0 Å². The Bertz CT molecular complexity index is 506. The molecule has 0 radical (unpaired) electrons. The van der Waals surface area contributed by atoms with E-state index >= 15 is 0 Å².